The highest BCUT2D eigenvalue weighted by atomic mass is 32.2. The number of nitrogens with two attached hydrogens (primary N) is 1. The third kappa shape index (κ3) is 3.21. The number of nitrogens with zero attached hydrogens (tertiary/aromatic N) is 3. The number of hydrogen-bond acceptors (Lipinski definition) is 7. The molecule has 2 aliphatic rings. The molecule has 0 spiro atoms. The van der Waals surface area contributed by atoms with Gasteiger partial charge in [0.15, 0.2) is 5.17 Å². The fourth-order valence-electron chi connectivity index (χ4n) is 3.42. The van der Waals surface area contributed by atoms with Gasteiger partial charge < -0.3 is 15.8 Å². The van der Waals surface area contributed by atoms with Gasteiger partial charge in [0, 0.05) is 29.1 Å². The van der Waals surface area contributed by atoms with E-state index in [1.54, 1.807) is 6.07 Å². The number of benzene rings is 1. The van der Waals surface area contributed by atoms with Crippen molar-refractivity contribution in [3.8, 4) is 6.07 Å². The van der Waals surface area contributed by atoms with Gasteiger partial charge >= 0.3 is 0 Å². The molecule has 0 radical (unpaired) electrons. The second kappa shape index (κ2) is 7.22. The van der Waals surface area contributed by atoms with Gasteiger partial charge in [-0.3, -0.25) is 4.79 Å². The van der Waals surface area contributed by atoms with Crippen molar-refractivity contribution in [2.75, 3.05) is 24.3 Å². The van der Waals surface area contributed by atoms with Gasteiger partial charge in [0.1, 0.15) is 23.1 Å². The van der Waals surface area contributed by atoms with Crippen molar-refractivity contribution in [1.29, 1.82) is 5.26 Å². The molecular weight excluding hydrogens is 381 g/mol. The molecule has 4 rings (SSSR count). The number of anilines is 1. The first-order valence-electron chi connectivity index (χ1n) is 8.55. The first-order chi connectivity index (χ1) is 13.5. The molecule has 9 heteroatoms. The molecule has 2 aliphatic heterocycles. The first-order valence-corrected chi connectivity index (χ1v) is 9.54. The van der Waals surface area contributed by atoms with Crippen molar-refractivity contribution in [2.45, 2.75) is 5.54 Å². The van der Waals surface area contributed by atoms with Gasteiger partial charge in [-0.15, -0.1) is 0 Å². The number of rotatable bonds is 3. The Labute approximate surface area is 164 Å². The molecule has 2 atom stereocenters. The van der Waals surface area contributed by atoms with Crippen LogP contribution in [0.2, 0.25) is 0 Å². The summed E-state index contributed by atoms with van der Waals surface area (Å²) in [5, 5.41) is 11.9. The highest BCUT2D eigenvalue weighted by Crippen LogP contribution is 2.45. The van der Waals surface area contributed by atoms with Crippen molar-refractivity contribution < 1.29 is 13.9 Å². The van der Waals surface area contributed by atoms with Gasteiger partial charge in [-0.2, -0.15) is 5.26 Å². The average molecular weight is 397 g/mol. The number of amidine groups is 1. The maximum Gasteiger partial charge on any atom is 0.274 e. The molecule has 7 nitrogen and oxygen atoms in total. The van der Waals surface area contributed by atoms with Gasteiger partial charge in [0.2, 0.25) is 0 Å². The van der Waals surface area contributed by atoms with Crippen LogP contribution in [0.5, 0.6) is 0 Å². The van der Waals surface area contributed by atoms with Crippen molar-refractivity contribution in [2.24, 2.45) is 16.6 Å². The highest BCUT2D eigenvalue weighted by Gasteiger charge is 2.49. The van der Waals surface area contributed by atoms with Gasteiger partial charge in [0.05, 0.1) is 18.8 Å². The largest absolute Gasteiger partial charge is 0.379 e. The van der Waals surface area contributed by atoms with E-state index < -0.39 is 17.3 Å². The second-order valence-electron chi connectivity index (χ2n) is 6.59. The molecule has 0 bridgehead atoms. The highest BCUT2D eigenvalue weighted by molar-refractivity contribution is 8.13. The van der Waals surface area contributed by atoms with Gasteiger partial charge in [0.25, 0.3) is 5.91 Å². The maximum atomic E-state index is 14.7. The van der Waals surface area contributed by atoms with Crippen LogP contribution < -0.4 is 11.1 Å². The molecule has 3 N–H and O–H groups in total. The Hall–Kier alpha value is -2.96. The maximum absolute atomic E-state index is 14.7. The van der Waals surface area contributed by atoms with Crippen molar-refractivity contribution in [3.63, 3.8) is 0 Å². The zero-order chi connectivity index (χ0) is 19.7. The lowest BCUT2D eigenvalue weighted by Gasteiger charge is -2.34. The normalized spacial score (nSPS) is 23.4. The Morgan fingerprint density at radius 2 is 2.29 bits per heavy atom. The minimum atomic E-state index is -0.882. The minimum absolute atomic E-state index is 0.00504. The van der Waals surface area contributed by atoms with Crippen molar-refractivity contribution in [1.82, 2.24) is 4.98 Å². The van der Waals surface area contributed by atoms with Crippen LogP contribution in [0.25, 0.3) is 0 Å². The van der Waals surface area contributed by atoms with E-state index in [1.165, 1.54) is 42.2 Å². The molecule has 1 aromatic carbocycles. The van der Waals surface area contributed by atoms with Gasteiger partial charge in [-0.25, -0.2) is 14.4 Å². The number of ether oxygens (including phenoxy) is 1. The number of pyridine rings is 1. The summed E-state index contributed by atoms with van der Waals surface area (Å²) in [6.45, 7) is 0.722. The number of nitrogens with one attached hydrogen (secondary N) is 1. The van der Waals surface area contributed by atoms with Crippen LogP contribution in [-0.4, -0.2) is 35.0 Å². The number of hydrogen-bond donors (Lipinski definition) is 2. The zero-order valence-electron chi connectivity index (χ0n) is 14.7. The molecule has 1 amide bonds. The Bertz CT molecular complexity index is 1000. The number of thioether (sulfide) groups is 1. The molecule has 1 saturated heterocycles. The summed E-state index contributed by atoms with van der Waals surface area (Å²) in [4.78, 5) is 20.9. The Morgan fingerprint density at radius 3 is 3.04 bits per heavy atom. The molecule has 1 unspecified atom stereocenters. The molecule has 0 saturated carbocycles. The standard InChI is InChI=1S/C19H16FN5O2S/c20-15-3-2-13(24-17(26)16-4-1-11(6-21)7-23-16)5-14(15)19-10-27-8-12(19)9-28-18(22)25-19/h1-5,7,12H,8-10H2,(H2,22,25)(H,24,26)/t12?,19-/m0/s1. The SMILES string of the molecule is N#Cc1ccc(C(=O)Nc2ccc(F)c([C@]34COCC3CSC(N)=N4)c2)nc1. The van der Waals surface area contributed by atoms with Crippen LogP contribution in [0.3, 0.4) is 0 Å². The molecule has 28 heavy (non-hydrogen) atoms. The summed E-state index contributed by atoms with van der Waals surface area (Å²) in [5.41, 5.74) is 6.31. The van der Waals surface area contributed by atoms with Crippen molar-refractivity contribution >= 4 is 28.5 Å². The fraction of sp³-hybridized carbons (Fsp3) is 0.263. The van der Waals surface area contributed by atoms with E-state index in [-0.39, 0.29) is 18.2 Å². The lowest BCUT2D eigenvalue weighted by molar-refractivity contribution is 0.102. The second-order valence-corrected chi connectivity index (χ2v) is 7.63. The smallest absolute Gasteiger partial charge is 0.274 e. The van der Waals surface area contributed by atoms with E-state index in [2.05, 4.69) is 15.3 Å². The lowest BCUT2D eigenvalue weighted by atomic mass is 9.81. The van der Waals surface area contributed by atoms with E-state index in [4.69, 9.17) is 15.7 Å². The number of nitriles is 1. The fourth-order valence-corrected chi connectivity index (χ4v) is 4.39. The Morgan fingerprint density at radius 1 is 1.43 bits per heavy atom. The van der Waals surface area contributed by atoms with Gasteiger partial charge in [-0.05, 0) is 30.3 Å². The quantitative estimate of drug-likeness (QED) is 0.821. The number of aromatic nitrogens is 1. The predicted octanol–water partition coefficient (Wildman–Crippen LogP) is 2.25. The average Bonchev–Trinajstić information content (AvgIpc) is 3.13. The van der Waals surface area contributed by atoms with Crippen LogP contribution in [0, 0.1) is 23.1 Å². The van der Waals surface area contributed by atoms with Crippen LogP contribution in [0.4, 0.5) is 10.1 Å². The van der Waals surface area contributed by atoms with E-state index in [0.717, 1.165) is 0 Å². The number of halogens is 1. The van der Waals surface area contributed by atoms with Crippen LogP contribution in [-0.2, 0) is 10.3 Å². The first kappa shape index (κ1) is 18.4. The summed E-state index contributed by atoms with van der Waals surface area (Å²) in [7, 11) is 0. The van der Waals surface area contributed by atoms with Crippen LogP contribution in [0.15, 0.2) is 41.5 Å². The third-order valence-electron chi connectivity index (χ3n) is 4.87. The lowest BCUT2D eigenvalue weighted by Crippen LogP contribution is -2.40. The molecule has 2 aromatic rings. The van der Waals surface area contributed by atoms with E-state index in [1.807, 2.05) is 6.07 Å². The Balaban J connectivity index is 1.65. The van der Waals surface area contributed by atoms with Crippen LogP contribution in [0.1, 0.15) is 21.6 Å². The number of aliphatic imine (C=N–C) groups is 1. The monoisotopic (exact) mass is 397 g/mol. The molecule has 0 aliphatic carbocycles. The molecule has 142 valence electrons. The number of carbonyl (C=O) groups excluding carboxylic acids is 1. The third-order valence-corrected chi connectivity index (χ3v) is 5.83. The van der Waals surface area contributed by atoms with Crippen molar-refractivity contribution in [3.05, 3.63) is 59.2 Å². The Kier molecular flexibility index (Phi) is 4.75. The molecular formula is C19H16FN5O2S. The van der Waals surface area contributed by atoms with Gasteiger partial charge in [-0.1, -0.05) is 11.8 Å². The zero-order valence-corrected chi connectivity index (χ0v) is 15.5. The summed E-state index contributed by atoms with van der Waals surface area (Å²) < 4.78 is 20.3. The topological polar surface area (TPSA) is 113 Å². The molecule has 3 heterocycles. The van der Waals surface area contributed by atoms with E-state index >= 15 is 0 Å². The molecule has 1 aromatic heterocycles. The number of carbonyl (C=O) groups is 1. The summed E-state index contributed by atoms with van der Waals surface area (Å²) in [6, 6.07) is 9.27. The van der Waals surface area contributed by atoms with Crippen LogP contribution >= 0.6 is 11.8 Å². The predicted molar refractivity (Wildman–Crippen MR) is 103 cm³/mol. The van der Waals surface area contributed by atoms with E-state index in [9.17, 15) is 9.18 Å². The van der Waals surface area contributed by atoms with E-state index in [0.29, 0.717) is 34.3 Å². The summed E-state index contributed by atoms with van der Waals surface area (Å²) in [6.07, 6.45) is 1.32. The summed E-state index contributed by atoms with van der Waals surface area (Å²) in [5.74, 6) is -0.180. The minimum Gasteiger partial charge on any atom is -0.379 e. The molecule has 1 fully saturated rings. The number of amides is 1. The summed E-state index contributed by atoms with van der Waals surface area (Å²) >= 11 is 1.43. The number of fused-ring (bicyclic) bond motifs is 1.